The van der Waals surface area contributed by atoms with Gasteiger partial charge in [0.1, 0.15) is 0 Å². The molecule has 1 aliphatic carbocycles. The molecule has 2 unspecified atom stereocenters. The Morgan fingerprint density at radius 3 is 2.33 bits per heavy atom. The second-order valence-electron chi connectivity index (χ2n) is 7.75. The normalized spacial score (nSPS) is 24.3. The zero-order valence-electron chi connectivity index (χ0n) is 16.9. The van der Waals surface area contributed by atoms with Gasteiger partial charge in [0.25, 0.3) is 0 Å². The number of nitrogens with one attached hydrogen (secondary N) is 2. The van der Waals surface area contributed by atoms with Crippen LogP contribution in [0.25, 0.3) is 0 Å². The Bertz CT molecular complexity index is 622. The van der Waals surface area contributed by atoms with E-state index in [1.54, 1.807) is 0 Å². The third kappa shape index (κ3) is 6.36. The van der Waals surface area contributed by atoms with Crippen molar-refractivity contribution in [1.29, 1.82) is 0 Å². The summed E-state index contributed by atoms with van der Waals surface area (Å²) < 4.78 is 5.82. The minimum absolute atomic E-state index is 0.314. The highest BCUT2D eigenvalue weighted by atomic mass is 16.5. The fraction of sp³-hybridized carbons (Fsp3) is 0.591. The van der Waals surface area contributed by atoms with Crippen molar-refractivity contribution in [3.05, 3.63) is 47.5 Å². The maximum absolute atomic E-state index is 5.82. The monoisotopic (exact) mass is 370 g/mol. The summed E-state index contributed by atoms with van der Waals surface area (Å²) in [4.78, 5) is 7.23. The van der Waals surface area contributed by atoms with Gasteiger partial charge in [-0.05, 0) is 44.7 Å². The van der Waals surface area contributed by atoms with Gasteiger partial charge in [-0.3, -0.25) is 4.90 Å². The Morgan fingerprint density at radius 2 is 1.70 bits per heavy atom. The summed E-state index contributed by atoms with van der Waals surface area (Å²) in [7, 11) is 0. The first-order chi connectivity index (χ1) is 13.1. The summed E-state index contributed by atoms with van der Waals surface area (Å²) in [6, 6.07) is 9.34. The van der Waals surface area contributed by atoms with E-state index >= 15 is 0 Å². The van der Waals surface area contributed by atoms with Gasteiger partial charge < -0.3 is 15.4 Å². The fourth-order valence-corrected chi connectivity index (χ4v) is 3.84. The van der Waals surface area contributed by atoms with Gasteiger partial charge >= 0.3 is 0 Å². The van der Waals surface area contributed by atoms with E-state index in [1.807, 2.05) is 0 Å². The zero-order valence-corrected chi connectivity index (χ0v) is 16.9. The van der Waals surface area contributed by atoms with Crippen molar-refractivity contribution in [2.45, 2.75) is 65.0 Å². The van der Waals surface area contributed by atoms with Gasteiger partial charge in [-0.2, -0.15) is 0 Å². The molecule has 3 rings (SSSR count). The lowest BCUT2D eigenvalue weighted by molar-refractivity contribution is -0.0704. The highest BCUT2D eigenvalue weighted by Gasteiger charge is 2.21. The summed E-state index contributed by atoms with van der Waals surface area (Å²) in [5, 5.41) is 6.86. The van der Waals surface area contributed by atoms with E-state index in [1.165, 1.54) is 11.1 Å². The molecule has 27 heavy (non-hydrogen) atoms. The third-order valence-electron chi connectivity index (χ3n) is 5.04. The van der Waals surface area contributed by atoms with Crippen molar-refractivity contribution >= 4 is 5.96 Å². The van der Waals surface area contributed by atoms with Crippen LogP contribution < -0.4 is 10.6 Å². The Labute approximate surface area is 163 Å². The lowest BCUT2D eigenvalue weighted by atomic mass is 10.1. The van der Waals surface area contributed by atoms with E-state index in [0.717, 1.165) is 45.0 Å². The number of ether oxygens (including phenoxy) is 1. The fourth-order valence-electron chi connectivity index (χ4n) is 3.84. The van der Waals surface area contributed by atoms with Gasteiger partial charge in [-0.25, -0.2) is 4.99 Å². The highest BCUT2D eigenvalue weighted by Crippen LogP contribution is 2.15. The third-order valence-corrected chi connectivity index (χ3v) is 5.04. The maximum Gasteiger partial charge on any atom is 0.191 e. The average Bonchev–Trinajstić information content (AvgIpc) is 3.13. The molecule has 1 aromatic rings. The van der Waals surface area contributed by atoms with E-state index in [0.29, 0.717) is 24.8 Å². The van der Waals surface area contributed by atoms with E-state index in [9.17, 15) is 0 Å². The first-order valence-corrected chi connectivity index (χ1v) is 10.3. The van der Waals surface area contributed by atoms with Gasteiger partial charge in [0.15, 0.2) is 5.96 Å². The van der Waals surface area contributed by atoms with Crippen molar-refractivity contribution in [1.82, 2.24) is 15.5 Å². The topological polar surface area (TPSA) is 48.9 Å². The molecule has 2 aliphatic rings. The summed E-state index contributed by atoms with van der Waals surface area (Å²) >= 11 is 0. The minimum Gasteiger partial charge on any atom is -0.373 e. The largest absolute Gasteiger partial charge is 0.373 e. The summed E-state index contributed by atoms with van der Waals surface area (Å²) in [6.45, 7) is 11.0. The number of hydrogen-bond acceptors (Lipinski definition) is 3. The van der Waals surface area contributed by atoms with Gasteiger partial charge in [0.2, 0.25) is 0 Å². The van der Waals surface area contributed by atoms with Crippen molar-refractivity contribution in [3.8, 4) is 0 Å². The molecule has 148 valence electrons. The predicted octanol–water partition coefficient (Wildman–Crippen LogP) is 3.07. The van der Waals surface area contributed by atoms with Gasteiger partial charge in [-0.15, -0.1) is 0 Å². The number of aliphatic imine (C=N–C) groups is 1. The van der Waals surface area contributed by atoms with Gasteiger partial charge in [0, 0.05) is 32.2 Å². The van der Waals surface area contributed by atoms with Crippen molar-refractivity contribution in [2.75, 3.05) is 19.6 Å². The number of hydrogen-bond donors (Lipinski definition) is 2. The first kappa shape index (κ1) is 19.9. The molecule has 0 aromatic heterocycles. The second kappa shape index (κ2) is 9.90. The molecule has 0 bridgehead atoms. The lowest BCUT2D eigenvalue weighted by Crippen LogP contribution is -2.44. The first-order valence-electron chi connectivity index (χ1n) is 10.3. The van der Waals surface area contributed by atoms with Crippen LogP contribution in [0.2, 0.25) is 0 Å². The molecule has 2 atom stereocenters. The van der Waals surface area contributed by atoms with Crippen LogP contribution in [0, 0.1) is 0 Å². The molecule has 0 radical (unpaired) electrons. The van der Waals surface area contributed by atoms with E-state index < -0.39 is 0 Å². The molecule has 5 heteroatoms. The number of benzene rings is 1. The van der Waals surface area contributed by atoms with Crippen LogP contribution >= 0.6 is 0 Å². The molecule has 0 amide bonds. The molecule has 0 spiro atoms. The van der Waals surface area contributed by atoms with E-state index in [4.69, 9.17) is 9.73 Å². The summed E-state index contributed by atoms with van der Waals surface area (Å²) in [6.07, 6.45) is 7.26. The zero-order chi connectivity index (χ0) is 19.1. The quantitative estimate of drug-likeness (QED) is 0.459. The number of morpholine rings is 1. The van der Waals surface area contributed by atoms with Crippen molar-refractivity contribution in [2.24, 2.45) is 4.99 Å². The number of guanidine groups is 1. The van der Waals surface area contributed by atoms with Crippen molar-refractivity contribution in [3.63, 3.8) is 0 Å². The predicted molar refractivity (Wildman–Crippen MR) is 112 cm³/mol. The molecular weight excluding hydrogens is 336 g/mol. The van der Waals surface area contributed by atoms with Crippen LogP contribution in [0.5, 0.6) is 0 Å². The summed E-state index contributed by atoms with van der Waals surface area (Å²) in [5.74, 6) is 0.909. The Balaban J connectivity index is 1.52. The van der Waals surface area contributed by atoms with Crippen LogP contribution in [0.15, 0.2) is 41.4 Å². The van der Waals surface area contributed by atoms with Gasteiger partial charge in [0.05, 0.1) is 18.8 Å². The van der Waals surface area contributed by atoms with E-state index in [2.05, 4.69) is 72.7 Å². The molecule has 1 heterocycles. The number of nitrogens with zero attached hydrogens (tertiary/aromatic N) is 2. The Kier molecular flexibility index (Phi) is 7.30. The van der Waals surface area contributed by atoms with Crippen LogP contribution in [-0.4, -0.2) is 48.7 Å². The maximum atomic E-state index is 5.82. The highest BCUT2D eigenvalue weighted by molar-refractivity contribution is 5.80. The smallest absolute Gasteiger partial charge is 0.191 e. The lowest BCUT2D eigenvalue weighted by Gasteiger charge is -2.35. The second-order valence-corrected chi connectivity index (χ2v) is 7.75. The molecule has 2 N–H and O–H groups in total. The minimum atomic E-state index is 0.314. The van der Waals surface area contributed by atoms with Crippen LogP contribution in [0.1, 0.15) is 44.7 Å². The average molecular weight is 371 g/mol. The SMILES string of the molecule is CCNC(=NCc1ccc(CN2CC(C)OC(C)C2)cc1)NC1CC=CC1. The molecule has 1 fully saturated rings. The molecule has 1 aromatic carbocycles. The van der Waals surface area contributed by atoms with Crippen molar-refractivity contribution < 1.29 is 4.74 Å². The van der Waals surface area contributed by atoms with Gasteiger partial charge in [-0.1, -0.05) is 36.4 Å². The van der Waals surface area contributed by atoms with Crippen LogP contribution in [0.4, 0.5) is 0 Å². The number of rotatable bonds is 6. The molecule has 5 nitrogen and oxygen atoms in total. The molecule has 1 saturated heterocycles. The molecule has 0 saturated carbocycles. The van der Waals surface area contributed by atoms with Crippen LogP contribution in [-0.2, 0) is 17.8 Å². The summed E-state index contributed by atoms with van der Waals surface area (Å²) in [5.41, 5.74) is 2.59. The Hall–Kier alpha value is -1.85. The molecular formula is C22H34N4O. The standard InChI is InChI=1S/C22H34N4O/c1-4-23-22(25-21-7-5-6-8-21)24-13-19-9-11-20(12-10-19)16-26-14-17(2)27-18(3)15-26/h5-6,9-12,17-18,21H,4,7-8,13-16H2,1-3H3,(H2,23,24,25). The van der Waals surface area contributed by atoms with E-state index in [-0.39, 0.29) is 0 Å². The Morgan fingerprint density at radius 1 is 1.07 bits per heavy atom. The molecule has 1 aliphatic heterocycles. The van der Waals surface area contributed by atoms with Crippen LogP contribution in [0.3, 0.4) is 0 Å².